The number of hydrogen-bond acceptors (Lipinski definition) is 6. The molecule has 1 heterocycles. The topological polar surface area (TPSA) is 107 Å². The Labute approximate surface area is 183 Å². The Kier molecular flexibility index (Phi) is 6.45. The summed E-state index contributed by atoms with van der Waals surface area (Å²) >= 11 is 0. The normalized spacial score (nSPS) is 22.6. The first-order valence-electron chi connectivity index (χ1n) is 9.98. The smallest absolute Gasteiger partial charge is 0.433 e. The van der Waals surface area contributed by atoms with Gasteiger partial charge in [-0.1, -0.05) is 0 Å². The van der Waals surface area contributed by atoms with Crippen molar-refractivity contribution in [3.8, 4) is 0 Å². The summed E-state index contributed by atoms with van der Waals surface area (Å²) in [6.45, 7) is 3.56. The monoisotopic (exact) mass is 450 g/mol. The van der Waals surface area contributed by atoms with Crippen LogP contribution in [0.25, 0.3) is 0 Å². The molecule has 4 N–H and O–H groups in total. The molecule has 0 bridgehead atoms. The fourth-order valence-electron chi connectivity index (χ4n) is 3.41. The zero-order chi connectivity index (χ0) is 23.7. The second-order valence-electron chi connectivity index (χ2n) is 8.35. The first-order valence-corrected chi connectivity index (χ1v) is 9.98. The molecule has 1 fully saturated rings. The van der Waals surface area contributed by atoms with Crippen LogP contribution in [0, 0.1) is 11.3 Å². The van der Waals surface area contributed by atoms with Crippen LogP contribution in [0.2, 0.25) is 0 Å². The summed E-state index contributed by atoms with van der Waals surface area (Å²) in [6.07, 6.45) is 2.52. The molecule has 32 heavy (non-hydrogen) atoms. The van der Waals surface area contributed by atoms with Crippen molar-refractivity contribution >= 4 is 11.6 Å². The number of methoxy groups -OCH3 is 1. The fourth-order valence-corrected chi connectivity index (χ4v) is 3.41. The minimum atomic E-state index is -4.59. The maximum absolute atomic E-state index is 12.7. The SMILES string of the molecule is COC1=CC(=N)/C(=C\NC2CC(C(C)(C)O)C2)C=C1NC(=O)c1ccc(C(F)(F)F)nc1. The summed E-state index contributed by atoms with van der Waals surface area (Å²) in [5.74, 6) is -0.216. The van der Waals surface area contributed by atoms with Crippen LogP contribution in [0.4, 0.5) is 13.2 Å². The highest BCUT2D eigenvalue weighted by Crippen LogP contribution is 2.36. The van der Waals surface area contributed by atoms with Gasteiger partial charge in [0.2, 0.25) is 0 Å². The minimum Gasteiger partial charge on any atom is -0.494 e. The van der Waals surface area contributed by atoms with E-state index in [9.17, 15) is 23.1 Å². The van der Waals surface area contributed by atoms with Gasteiger partial charge in [0.15, 0.2) is 0 Å². The number of alkyl halides is 3. The molecule has 0 saturated heterocycles. The van der Waals surface area contributed by atoms with Crippen LogP contribution in [-0.2, 0) is 10.9 Å². The third-order valence-corrected chi connectivity index (χ3v) is 5.55. The molecule has 10 heteroatoms. The lowest BCUT2D eigenvalue weighted by Gasteiger charge is -2.42. The largest absolute Gasteiger partial charge is 0.494 e. The van der Waals surface area contributed by atoms with Crippen LogP contribution < -0.4 is 10.6 Å². The number of aromatic nitrogens is 1. The highest BCUT2D eigenvalue weighted by atomic mass is 19.4. The quantitative estimate of drug-likeness (QED) is 0.532. The molecule has 172 valence electrons. The summed E-state index contributed by atoms with van der Waals surface area (Å²) < 4.78 is 43.2. The maximum Gasteiger partial charge on any atom is 0.433 e. The van der Waals surface area contributed by atoms with Gasteiger partial charge in [0.25, 0.3) is 5.91 Å². The molecule has 1 amide bonds. The van der Waals surface area contributed by atoms with E-state index >= 15 is 0 Å². The van der Waals surface area contributed by atoms with Gasteiger partial charge >= 0.3 is 6.18 Å². The van der Waals surface area contributed by atoms with Crippen molar-refractivity contribution in [3.05, 3.63) is 65.0 Å². The Hall–Kier alpha value is -3.14. The van der Waals surface area contributed by atoms with Crippen molar-refractivity contribution < 1.29 is 27.8 Å². The first kappa shape index (κ1) is 23.5. The number of rotatable bonds is 6. The second kappa shape index (κ2) is 8.78. The molecule has 2 aliphatic rings. The Morgan fingerprint density at radius 2 is 1.97 bits per heavy atom. The number of nitrogens with one attached hydrogen (secondary N) is 3. The summed E-state index contributed by atoms with van der Waals surface area (Å²) in [5, 5.41) is 24.0. The molecular formula is C22H25F3N4O3. The lowest BCUT2D eigenvalue weighted by molar-refractivity contribution is -0.141. The number of hydrogen-bond donors (Lipinski definition) is 4. The van der Waals surface area contributed by atoms with Crippen LogP contribution in [0.5, 0.6) is 0 Å². The first-order chi connectivity index (χ1) is 14.9. The maximum atomic E-state index is 12.7. The van der Waals surface area contributed by atoms with Crippen molar-refractivity contribution in [2.24, 2.45) is 5.92 Å². The number of carbonyl (C=O) groups excluding carboxylic acids is 1. The van der Waals surface area contributed by atoms with Crippen molar-refractivity contribution in [2.75, 3.05) is 7.11 Å². The van der Waals surface area contributed by atoms with E-state index in [1.165, 1.54) is 13.2 Å². The Bertz CT molecular complexity index is 983. The molecule has 1 aromatic heterocycles. The van der Waals surface area contributed by atoms with Crippen LogP contribution in [-0.4, -0.2) is 40.5 Å². The molecule has 0 spiro atoms. The number of pyridine rings is 1. The number of nitrogens with zero attached hydrogens (tertiary/aromatic N) is 1. The molecule has 0 atom stereocenters. The van der Waals surface area contributed by atoms with Crippen LogP contribution in [0.3, 0.4) is 0 Å². The van der Waals surface area contributed by atoms with Crippen molar-refractivity contribution in [1.82, 2.24) is 15.6 Å². The zero-order valence-corrected chi connectivity index (χ0v) is 17.9. The second-order valence-corrected chi connectivity index (χ2v) is 8.35. The molecule has 2 aliphatic carbocycles. The van der Waals surface area contributed by atoms with Gasteiger partial charge < -0.3 is 25.9 Å². The molecule has 3 rings (SSSR count). The predicted molar refractivity (Wildman–Crippen MR) is 112 cm³/mol. The van der Waals surface area contributed by atoms with Gasteiger partial charge in [0.05, 0.1) is 29.7 Å². The Balaban J connectivity index is 1.70. The molecule has 7 nitrogen and oxygen atoms in total. The third-order valence-electron chi connectivity index (χ3n) is 5.55. The number of halogens is 3. The van der Waals surface area contributed by atoms with Gasteiger partial charge in [-0.15, -0.1) is 0 Å². The number of amides is 1. The number of aliphatic hydroxyl groups is 1. The van der Waals surface area contributed by atoms with Gasteiger partial charge in [-0.3, -0.25) is 9.78 Å². The fraction of sp³-hybridized carbons (Fsp3) is 0.409. The average molecular weight is 450 g/mol. The number of carbonyl (C=O) groups is 1. The number of allylic oxidation sites excluding steroid dienone is 3. The third kappa shape index (κ3) is 5.37. The summed E-state index contributed by atoms with van der Waals surface area (Å²) in [5.41, 5.74) is -0.935. The predicted octanol–water partition coefficient (Wildman–Crippen LogP) is 3.30. The molecule has 1 saturated carbocycles. The van der Waals surface area contributed by atoms with Crippen LogP contribution in [0.15, 0.2) is 53.7 Å². The summed E-state index contributed by atoms with van der Waals surface area (Å²) in [7, 11) is 1.39. The van der Waals surface area contributed by atoms with Crippen molar-refractivity contribution in [1.29, 1.82) is 5.41 Å². The summed E-state index contributed by atoms with van der Waals surface area (Å²) in [4.78, 5) is 15.8. The average Bonchev–Trinajstić information content (AvgIpc) is 2.67. The van der Waals surface area contributed by atoms with E-state index < -0.39 is 23.4 Å². The van der Waals surface area contributed by atoms with Crippen molar-refractivity contribution in [3.63, 3.8) is 0 Å². The van der Waals surface area contributed by atoms with E-state index in [4.69, 9.17) is 10.1 Å². The molecule has 0 aromatic carbocycles. The van der Waals surface area contributed by atoms with Crippen molar-refractivity contribution in [2.45, 2.75) is 44.5 Å². The van der Waals surface area contributed by atoms with Crippen LogP contribution in [0.1, 0.15) is 42.7 Å². The Morgan fingerprint density at radius 1 is 1.28 bits per heavy atom. The highest BCUT2D eigenvalue weighted by molar-refractivity contribution is 6.10. The number of ether oxygens (including phenoxy) is 1. The summed E-state index contributed by atoms with van der Waals surface area (Å²) in [6, 6.07) is 1.95. The molecule has 1 aromatic rings. The van der Waals surface area contributed by atoms with Gasteiger partial charge in [0, 0.05) is 30.1 Å². The van der Waals surface area contributed by atoms with E-state index in [0.29, 0.717) is 5.57 Å². The van der Waals surface area contributed by atoms with E-state index in [1.807, 2.05) is 0 Å². The lowest BCUT2D eigenvalue weighted by Crippen LogP contribution is -2.48. The van der Waals surface area contributed by atoms with Gasteiger partial charge in [0.1, 0.15) is 11.5 Å². The highest BCUT2D eigenvalue weighted by Gasteiger charge is 2.38. The van der Waals surface area contributed by atoms with Gasteiger partial charge in [-0.05, 0) is 50.8 Å². The van der Waals surface area contributed by atoms with E-state index in [-0.39, 0.29) is 34.7 Å². The van der Waals surface area contributed by atoms with E-state index in [0.717, 1.165) is 31.2 Å². The van der Waals surface area contributed by atoms with Crippen LogP contribution >= 0.6 is 0 Å². The molecule has 0 unspecified atom stereocenters. The lowest BCUT2D eigenvalue weighted by atomic mass is 9.71. The Morgan fingerprint density at radius 3 is 2.50 bits per heavy atom. The zero-order valence-electron chi connectivity index (χ0n) is 17.9. The molecular weight excluding hydrogens is 425 g/mol. The van der Waals surface area contributed by atoms with E-state index in [2.05, 4.69) is 15.6 Å². The van der Waals surface area contributed by atoms with Gasteiger partial charge in [-0.25, -0.2) is 0 Å². The van der Waals surface area contributed by atoms with E-state index in [1.54, 1.807) is 26.1 Å². The molecule has 0 radical (unpaired) electrons. The molecule has 0 aliphatic heterocycles. The van der Waals surface area contributed by atoms with Gasteiger partial charge in [-0.2, -0.15) is 13.2 Å². The standard InChI is InChI=1S/C22H25F3N4O3/c1-21(2,31)14-7-15(8-14)27-11-13-6-17(18(32-3)9-16(13)26)29-20(30)12-4-5-19(28-10-12)22(23,24)25/h4-6,9-11,14-15,26-27,31H,7-8H2,1-3H3,(H,29,30)/b13-11-,26-16?. The minimum absolute atomic E-state index is 0.0502.